The fourth-order valence-electron chi connectivity index (χ4n) is 1.70. The standard InChI is InChI=1S/C14H10BrCl2FO/c1-19-13-5-3-8(6-11(13)17)14(15)9-2-4-10(16)12(18)7-9/h2-7,14H,1H3. The van der Waals surface area contributed by atoms with Crippen LogP contribution in [0.5, 0.6) is 5.75 Å². The molecule has 2 aromatic carbocycles. The predicted molar refractivity (Wildman–Crippen MR) is 80.2 cm³/mol. The van der Waals surface area contributed by atoms with Crippen molar-refractivity contribution in [3.8, 4) is 5.75 Å². The summed E-state index contributed by atoms with van der Waals surface area (Å²) in [5.74, 6) is 0.163. The van der Waals surface area contributed by atoms with Crippen molar-refractivity contribution in [3.63, 3.8) is 0 Å². The van der Waals surface area contributed by atoms with Crippen LogP contribution in [0.4, 0.5) is 4.39 Å². The molecule has 0 aromatic heterocycles. The molecular weight excluding hydrogens is 354 g/mol. The van der Waals surface area contributed by atoms with Crippen LogP contribution in [0, 0.1) is 5.82 Å². The molecule has 2 aromatic rings. The van der Waals surface area contributed by atoms with Crippen LogP contribution in [0.1, 0.15) is 16.0 Å². The molecule has 0 aliphatic rings. The second-order valence-corrected chi connectivity index (χ2v) is 5.66. The van der Waals surface area contributed by atoms with Crippen LogP contribution in [-0.2, 0) is 0 Å². The normalized spacial score (nSPS) is 12.3. The van der Waals surface area contributed by atoms with Gasteiger partial charge in [0.15, 0.2) is 0 Å². The van der Waals surface area contributed by atoms with Crippen molar-refractivity contribution in [2.45, 2.75) is 4.83 Å². The zero-order valence-corrected chi connectivity index (χ0v) is 13.1. The molecule has 1 unspecified atom stereocenters. The van der Waals surface area contributed by atoms with Gasteiger partial charge in [0.25, 0.3) is 0 Å². The maximum absolute atomic E-state index is 13.5. The number of ether oxygens (including phenoxy) is 1. The summed E-state index contributed by atoms with van der Waals surface area (Å²) in [6.07, 6.45) is 0. The van der Waals surface area contributed by atoms with E-state index in [1.807, 2.05) is 6.07 Å². The Morgan fingerprint density at radius 3 is 2.26 bits per heavy atom. The van der Waals surface area contributed by atoms with Gasteiger partial charge in [0, 0.05) is 0 Å². The number of alkyl halides is 1. The minimum absolute atomic E-state index is 0.108. The minimum Gasteiger partial charge on any atom is -0.495 e. The van der Waals surface area contributed by atoms with Crippen LogP contribution in [0.15, 0.2) is 36.4 Å². The Hall–Kier alpha value is -0.770. The van der Waals surface area contributed by atoms with E-state index in [-0.39, 0.29) is 9.85 Å². The van der Waals surface area contributed by atoms with Crippen molar-refractivity contribution >= 4 is 39.1 Å². The molecule has 0 aliphatic heterocycles. The second-order valence-electron chi connectivity index (χ2n) is 3.93. The van der Waals surface area contributed by atoms with Crippen molar-refractivity contribution in [3.05, 3.63) is 63.4 Å². The Morgan fingerprint density at radius 1 is 1.05 bits per heavy atom. The molecule has 19 heavy (non-hydrogen) atoms. The van der Waals surface area contributed by atoms with Crippen LogP contribution < -0.4 is 4.74 Å². The number of halogens is 4. The molecule has 0 heterocycles. The maximum Gasteiger partial charge on any atom is 0.142 e. The largest absolute Gasteiger partial charge is 0.495 e. The molecule has 1 nitrogen and oxygen atoms in total. The van der Waals surface area contributed by atoms with Gasteiger partial charge in [0.1, 0.15) is 11.6 Å². The Kier molecular flexibility index (Phi) is 4.71. The first-order valence-electron chi connectivity index (χ1n) is 5.45. The predicted octanol–water partition coefficient (Wildman–Crippen LogP) is 5.63. The van der Waals surface area contributed by atoms with Crippen LogP contribution in [-0.4, -0.2) is 7.11 Å². The quantitative estimate of drug-likeness (QED) is 0.642. The van der Waals surface area contributed by atoms with Gasteiger partial charge in [0.2, 0.25) is 0 Å². The van der Waals surface area contributed by atoms with Gasteiger partial charge in [-0.1, -0.05) is 51.3 Å². The number of methoxy groups -OCH3 is 1. The lowest BCUT2D eigenvalue weighted by molar-refractivity contribution is 0.415. The second kappa shape index (κ2) is 6.12. The number of hydrogen-bond donors (Lipinski definition) is 0. The molecule has 0 saturated carbocycles. The Labute approximate surface area is 129 Å². The monoisotopic (exact) mass is 362 g/mol. The van der Waals surface area contributed by atoms with E-state index in [1.165, 1.54) is 12.1 Å². The molecule has 100 valence electrons. The van der Waals surface area contributed by atoms with Gasteiger partial charge in [-0.05, 0) is 35.4 Å². The van der Waals surface area contributed by atoms with Gasteiger partial charge in [-0.25, -0.2) is 4.39 Å². The lowest BCUT2D eigenvalue weighted by Gasteiger charge is -2.13. The van der Waals surface area contributed by atoms with Crippen LogP contribution in [0.2, 0.25) is 10.0 Å². The summed E-state index contributed by atoms with van der Waals surface area (Å²) in [5, 5.41) is 0.620. The zero-order valence-electron chi connectivity index (χ0n) is 9.96. The van der Waals surface area contributed by atoms with E-state index in [1.54, 1.807) is 25.3 Å². The summed E-state index contributed by atoms with van der Waals surface area (Å²) in [6.45, 7) is 0. The van der Waals surface area contributed by atoms with Crippen molar-refractivity contribution in [2.24, 2.45) is 0 Å². The fraction of sp³-hybridized carbons (Fsp3) is 0.143. The Bertz CT molecular complexity index is 604. The van der Waals surface area contributed by atoms with E-state index >= 15 is 0 Å². The molecule has 0 amide bonds. The van der Waals surface area contributed by atoms with Gasteiger partial charge in [-0.2, -0.15) is 0 Å². The highest BCUT2D eigenvalue weighted by Gasteiger charge is 2.14. The van der Waals surface area contributed by atoms with Gasteiger partial charge in [-0.15, -0.1) is 0 Å². The first kappa shape index (κ1) is 14.6. The van der Waals surface area contributed by atoms with E-state index in [0.29, 0.717) is 10.8 Å². The number of hydrogen-bond acceptors (Lipinski definition) is 1. The summed E-state index contributed by atoms with van der Waals surface area (Å²) in [5.41, 5.74) is 1.68. The van der Waals surface area contributed by atoms with E-state index in [9.17, 15) is 4.39 Å². The summed E-state index contributed by atoms with van der Waals surface area (Å²) >= 11 is 15.3. The van der Waals surface area contributed by atoms with Crippen LogP contribution in [0.3, 0.4) is 0 Å². The average molecular weight is 364 g/mol. The number of benzene rings is 2. The molecule has 5 heteroatoms. The molecule has 2 rings (SSSR count). The summed E-state index contributed by atoms with van der Waals surface area (Å²) in [7, 11) is 1.56. The van der Waals surface area contributed by atoms with Crippen molar-refractivity contribution in [1.29, 1.82) is 0 Å². The van der Waals surface area contributed by atoms with Gasteiger partial charge in [0.05, 0.1) is 22.0 Å². The molecule has 0 aliphatic carbocycles. The molecule has 0 radical (unpaired) electrons. The summed E-state index contributed by atoms with van der Waals surface area (Å²) < 4.78 is 18.5. The SMILES string of the molecule is COc1ccc(C(Br)c2ccc(Cl)c(F)c2)cc1Cl. The highest BCUT2D eigenvalue weighted by Crippen LogP contribution is 2.36. The fourth-order valence-corrected chi connectivity index (χ4v) is 2.66. The molecular formula is C14H10BrCl2FO. The third kappa shape index (κ3) is 3.22. The zero-order chi connectivity index (χ0) is 14.0. The van der Waals surface area contributed by atoms with E-state index < -0.39 is 5.82 Å². The van der Waals surface area contributed by atoms with Gasteiger partial charge >= 0.3 is 0 Å². The number of rotatable bonds is 3. The van der Waals surface area contributed by atoms with Crippen molar-refractivity contribution in [1.82, 2.24) is 0 Å². The Balaban J connectivity index is 2.35. The summed E-state index contributed by atoms with van der Waals surface area (Å²) in [6, 6.07) is 10.1. The molecule has 0 bridgehead atoms. The maximum atomic E-state index is 13.5. The Morgan fingerprint density at radius 2 is 1.68 bits per heavy atom. The first-order valence-corrected chi connectivity index (χ1v) is 7.12. The van der Waals surface area contributed by atoms with E-state index in [0.717, 1.165) is 11.1 Å². The smallest absolute Gasteiger partial charge is 0.142 e. The topological polar surface area (TPSA) is 9.23 Å². The molecule has 1 atom stereocenters. The third-order valence-electron chi connectivity index (χ3n) is 2.70. The van der Waals surface area contributed by atoms with Crippen LogP contribution >= 0.6 is 39.1 Å². The third-order valence-corrected chi connectivity index (χ3v) is 4.36. The van der Waals surface area contributed by atoms with Crippen molar-refractivity contribution in [2.75, 3.05) is 7.11 Å². The molecule has 0 fully saturated rings. The summed E-state index contributed by atoms with van der Waals surface area (Å²) in [4.78, 5) is -0.164. The van der Waals surface area contributed by atoms with Gasteiger partial charge in [-0.3, -0.25) is 0 Å². The lowest BCUT2D eigenvalue weighted by atomic mass is 10.0. The molecule has 0 saturated heterocycles. The highest BCUT2D eigenvalue weighted by atomic mass is 79.9. The molecule has 0 N–H and O–H groups in total. The minimum atomic E-state index is -0.441. The highest BCUT2D eigenvalue weighted by molar-refractivity contribution is 9.09. The van der Waals surface area contributed by atoms with E-state index in [2.05, 4.69) is 15.9 Å². The lowest BCUT2D eigenvalue weighted by Crippen LogP contribution is -1.95. The van der Waals surface area contributed by atoms with E-state index in [4.69, 9.17) is 27.9 Å². The average Bonchev–Trinajstić information content (AvgIpc) is 2.41. The van der Waals surface area contributed by atoms with Gasteiger partial charge < -0.3 is 4.74 Å². The van der Waals surface area contributed by atoms with Crippen LogP contribution in [0.25, 0.3) is 0 Å². The first-order chi connectivity index (χ1) is 9.02. The molecule has 0 spiro atoms. The van der Waals surface area contributed by atoms with Crippen molar-refractivity contribution < 1.29 is 9.13 Å².